The zero-order valence-electron chi connectivity index (χ0n) is 12.5. The third kappa shape index (κ3) is 3.31. The average Bonchev–Trinajstić information content (AvgIpc) is 3.37. The highest BCUT2D eigenvalue weighted by molar-refractivity contribution is 5.89. The number of nitrogens with two attached hydrogens (primary N) is 1. The molecule has 2 fully saturated rings. The van der Waals surface area contributed by atoms with Gasteiger partial charge in [-0.3, -0.25) is 19.4 Å². The maximum Gasteiger partial charge on any atom is 0.252 e. The fraction of sp³-hybridized carbons (Fsp3) is 0.467. The van der Waals surface area contributed by atoms with E-state index in [1.165, 1.54) is 0 Å². The Kier molecular flexibility index (Phi) is 4.24. The maximum atomic E-state index is 12.4. The van der Waals surface area contributed by atoms with Crippen molar-refractivity contribution in [2.75, 3.05) is 13.2 Å². The quantitative estimate of drug-likeness (QED) is 0.731. The van der Waals surface area contributed by atoms with Gasteiger partial charge in [0.25, 0.3) is 5.91 Å². The smallest absolute Gasteiger partial charge is 0.252 e. The Balaban J connectivity index is 1.88. The number of hydrogen-bond donors (Lipinski definition) is 2. The second-order valence-electron chi connectivity index (χ2n) is 5.68. The zero-order chi connectivity index (χ0) is 16.4. The predicted molar refractivity (Wildman–Crippen MR) is 78.8 cm³/mol. The summed E-state index contributed by atoms with van der Waals surface area (Å²) in [4.78, 5) is 41.3. The van der Waals surface area contributed by atoms with Crippen LogP contribution in [-0.4, -0.2) is 52.9 Å². The molecule has 2 aliphatic rings. The lowest BCUT2D eigenvalue weighted by molar-refractivity contribution is -0.165. The molecule has 8 nitrogen and oxygen atoms in total. The number of carbonyl (C=O) groups is 3. The molecular weight excluding hydrogens is 300 g/mol. The largest absolute Gasteiger partial charge is 0.368 e. The number of morpholine rings is 1. The van der Waals surface area contributed by atoms with Crippen LogP contribution in [0.1, 0.15) is 24.4 Å². The molecule has 3 amide bonds. The first-order valence-corrected chi connectivity index (χ1v) is 7.46. The Hall–Kier alpha value is -2.48. The van der Waals surface area contributed by atoms with E-state index in [-0.39, 0.29) is 25.1 Å². The lowest BCUT2D eigenvalue weighted by Crippen LogP contribution is -2.55. The van der Waals surface area contributed by atoms with Gasteiger partial charge in [-0.15, -0.1) is 0 Å². The van der Waals surface area contributed by atoms with Gasteiger partial charge in [0.2, 0.25) is 11.8 Å². The summed E-state index contributed by atoms with van der Waals surface area (Å²) in [6, 6.07) is 3.13. The van der Waals surface area contributed by atoms with Gasteiger partial charge in [0, 0.05) is 18.4 Å². The van der Waals surface area contributed by atoms with Crippen LogP contribution in [0.25, 0.3) is 0 Å². The number of pyridine rings is 1. The molecule has 2 atom stereocenters. The molecule has 23 heavy (non-hydrogen) atoms. The SMILES string of the molecule is NC(=O)CNC(=O)[C@H]1OCC(=O)N(C2CC2)[C@@H]1c1cccnc1. The van der Waals surface area contributed by atoms with Gasteiger partial charge in [0.05, 0.1) is 12.6 Å². The number of ether oxygens (including phenoxy) is 1. The number of amides is 3. The van der Waals surface area contributed by atoms with Crippen LogP contribution in [0.15, 0.2) is 24.5 Å². The molecule has 0 bridgehead atoms. The van der Waals surface area contributed by atoms with Crippen LogP contribution in [0.2, 0.25) is 0 Å². The van der Waals surface area contributed by atoms with Crippen molar-refractivity contribution >= 4 is 17.7 Å². The van der Waals surface area contributed by atoms with Gasteiger partial charge in [-0.2, -0.15) is 0 Å². The van der Waals surface area contributed by atoms with Crippen molar-refractivity contribution in [1.29, 1.82) is 0 Å². The summed E-state index contributed by atoms with van der Waals surface area (Å²) < 4.78 is 5.48. The number of rotatable bonds is 5. The third-order valence-electron chi connectivity index (χ3n) is 3.92. The molecule has 0 radical (unpaired) electrons. The van der Waals surface area contributed by atoms with Gasteiger partial charge in [-0.25, -0.2) is 0 Å². The highest BCUT2D eigenvalue weighted by atomic mass is 16.5. The molecule has 0 spiro atoms. The van der Waals surface area contributed by atoms with E-state index in [1.807, 2.05) is 6.07 Å². The number of aromatic nitrogens is 1. The summed E-state index contributed by atoms with van der Waals surface area (Å²) in [6.07, 6.45) is 4.18. The standard InChI is InChI=1S/C15H18N4O4/c16-11(20)7-18-15(22)14-13(9-2-1-5-17-6-9)19(10-3-4-10)12(21)8-23-14/h1-2,5-6,10,13-14H,3-4,7-8H2,(H2,16,20)(H,18,22)/t13-,14+/m1/s1. The Morgan fingerprint density at radius 3 is 2.83 bits per heavy atom. The Labute approximate surface area is 133 Å². The van der Waals surface area contributed by atoms with Crippen molar-refractivity contribution in [1.82, 2.24) is 15.2 Å². The summed E-state index contributed by atoms with van der Waals surface area (Å²) in [5, 5.41) is 2.45. The van der Waals surface area contributed by atoms with Crippen molar-refractivity contribution in [3.8, 4) is 0 Å². The fourth-order valence-electron chi connectivity index (χ4n) is 2.79. The Morgan fingerprint density at radius 1 is 1.43 bits per heavy atom. The maximum absolute atomic E-state index is 12.4. The van der Waals surface area contributed by atoms with Crippen molar-refractivity contribution in [3.05, 3.63) is 30.1 Å². The molecule has 1 saturated carbocycles. The molecule has 1 aliphatic carbocycles. The van der Waals surface area contributed by atoms with Crippen LogP contribution in [0.4, 0.5) is 0 Å². The van der Waals surface area contributed by atoms with Crippen LogP contribution in [0.5, 0.6) is 0 Å². The minimum Gasteiger partial charge on any atom is -0.368 e. The van der Waals surface area contributed by atoms with Crippen molar-refractivity contribution in [2.45, 2.75) is 31.0 Å². The van der Waals surface area contributed by atoms with Crippen LogP contribution in [0.3, 0.4) is 0 Å². The Bertz CT molecular complexity index is 617. The lowest BCUT2D eigenvalue weighted by Gasteiger charge is -2.40. The van der Waals surface area contributed by atoms with Gasteiger partial charge >= 0.3 is 0 Å². The highest BCUT2D eigenvalue weighted by Gasteiger charge is 2.47. The highest BCUT2D eigenvalue weighted by Crippen LogP contribution is 2.39. The molecule has 3 rings (SSSR count). The van der Waals surface area contributed by atoms with E-state index < -0.39 is 24.0 Å². The second kappa shape index (κ2) is 6.33. The molecule has 1 aliphatic heterocycles. The van der Waals surface area contributed by atoms with Gasteiger partial charge in [0.15, 0.2) is 6.10 Å². The van der Waals surface area contributed by atoms with E-state index in [4.69, 9.17) is 10.5 Å². The molecule has 0 unspecified atom stereocenters. The normalized spacial score (nSPS) is 24.3. The predicted octanol–water partition coefficient (Wildman–Crippen LogP) is -0.886. The molecule has 2 heterocycles. The summed E-state index contributed by atoms with van der Waals surface area (Å²) >= 11 is 0. The third-order valence-corrected chi connectivity index (χ3v) is 3.92. The molecule has 3 N–H and O–H groups in total. The van der Waals surface area contributed by atoms with Gasteiger partial charge in [0.1, 0.15) is 6.61 Å². The monoisotopic (exact) mass is 318 g/mol. The lowest BCUT2D eigenvalue weighted by atomic mass is 9.98. The topological polar surface area (TPSA) is 115 Å². The van der Waals surface area contributed by atoms with E-state index in [1.54, 1.807) is 23.4 Å². The van der Waals surface area contributed by atoms with Gasteiger partial charge in [-0.05, 0) is 24.5 Å². The first kappa shape index (κ1) is 15.4. The minimum atomic E-state index is -0.892. The molecule has 122 valence electrons. The second-order valence-corrected chi connectivity index (χ2v) is 5.68. The van der Waals surface area contributed by atoms with Gasteiger partial charge < -0.3 is 20.7 Å². The number of carbonyl (C=O) groups excluding carboxylic acids is 3. The zero-order valence-corrected chi connectivity index (χ0v) is 12.5. The van der Waals surface area contributed by atoms with E-state index in [0.717, 1.165) is 18.4 Å². The van der Waals surface area contributed by atoms with E-state index in [0.29, 0.717) is 0 Å². The van der Waals surface area contributed by atoms with Crippen molar-refractivity contribution < 1.29 is 19.1 Å². The number of primary amides is 1. The molecule has 1 saturated heterocycles. The molecule has 8 heteroatoms. The number of nitrogens with zero attached hydrogens (tertiary/aromatic N) is 2. The molecule has 0 aromatic carbocycles. The summed E-state index contributed by atoms with van der Waals surface area (Å²) in [6.45, 7) is -0.419. The fourth-order valence-corrected chi connectivity index (χ4v) is 2.79. The van der Waals surface area contributed by atoms with Crippen LogP contribution >= 0.6 is 0 Å². The van der Waals surface area contributed by atoms with Crippen LogP contribution in [-0.2, 0) is 19.1 Å². The van der Waals surface area contributed by atoms with E-state index >= 15 is 0 Å². The molecular formula is C15H18N4O4. The molecule has 1 aromatic heterocycles. The molecule has 1 aromatic rings. The minimum absolute atomic E-state index is 0.128. The summed E-state index contributed by atoms with van der Waals surface area (Å²) in [5.41, 5.74) is 5.78. The number of nitrogens with one attached hydrogen (secondary N) is 1. The van der Waals surface area contributed by atoms with Crippen LogP contribution < -0.4 is 11.1 Å². The van der Waals surface area contributed by atoms with Crippen molar-refractivity contribution in [2.24, 2.45) is 5.73 Å². The van der Waals surface area contributed by atoms with Gasteiger partial charge in [-0.1, -0.05) is 6.07 Å². The summed E-state index contributed by atoms with van der Waals surface area (Å²) in [5.74, 6) is -1.24. The summed E-state index contributed by atoms with van der Waals surface area (Å²) in [7, 11) is 0. The van der Waals surface area contributed by atoms with E-state index in [2.05, 4.69) is 10.3 Å². The number of hydrogen-bond acceptors (Lipinski definition) is 5. The van der Waals surface area contributed by atoms with Crippen molar-refractivity contribution in [3.63, 3.8) is 0 Å². The van der Waals surface area contributed by atoms with E-state index in [9.17, 15) is 14.4 Å². The first-order valence-electron chi connectivity index (χ1n) is 7.46. The average molecular weight is 318 g/mol. The first-order chi connectivity index (χ1) is 11.1. The Morgan fingerprint density at radius 2 is 2.22 bits per heavy atom. The van der Waals surface area contributed by atoms with Crippen LogP contribution in [0, 0.1) is 0 Å².